The van der Waals surface area contributed by atoms with Crippen molar-refractivity contribution in [3.05, 3.63) is 72.1 Å². The summed E-state index contributed by atoms with van der Waals surface area (Å²) in [6, 6.07) is 16.2. The number of rotatable bonds is 1. The molecule has 0 radical (unpaired) electrons. The molecule has 0 saturated carbocycles. The van der Waals surface area contributed by atoms with Gasteiger partial charge in [-0.05, 0) is 18.7 Å². The third-order valence-electron chi connectivity index (χ3n) is 7.75. The molecule has 0 amide bonds. The van der Waals surface area contributed by atoms with E-state index < -0.39 is 0 Å². The highest BCUT2D eigenvalue weighted by Gasteiger charge is 2.35. The largest absolute Gasteiger partial charge is 0.378 e. The van der Waals surface area contributed by atoms with Crippen LogP contribution in [0.1, 0.15) is 24.5 Å². The van der Waals surface area contributed by atoms with Crippen LogP contribution in [0, 0.1) is 0 Å². The predicted molar refractivity (Wildman–Crippen MR) is 149 cm³/mol. The molecule has 4 bridgehead atoms. The van der Waals surface area contributed by atoms with E-state index in [4.69, 9.17) is 9.47 Å². The van der Waals surface area contributed by atoms with Crippen LogP contribution in [-0.2, 0) is 32.2 Å². The Labute approximate surface area is 222 Å². The molecule has 0 fully saturated rings. The van der Waals surface area contributed by atoms with Gasteiger partial charge in [0.1, 0.15) is 0 Å². The molecule has 0 spiro atoms. The van der Waals surface area contributed by atoms with Crippen LogP contribution in [0.25, 0.3) is 33.0 Å². The first kappa shape index (κ1) is 24.8. The van der Waals surface area contributed by atoms with E-state index in [0.717, 1.165) is 59.1 Å². The van der Waals surface area contributed by atoms with E-state index in [1.165, 1.54) is 0 Å². The van der Waals surface area contributed by atoms with Gasteiger partial charge in [0.15, 0.2) is 11.6 Å². The molecule has 1 aliphatic heterocycles. The number of hydrogen-bond donors (Lipinski definition) is 0. The summed E-state index contributed by atoms with van der Waals surface area (Å²) in [5.74, 6) is -0.215. The van der Waals surface area contributed by atoms with Gasteiger partial charge in [-0.25, -0.2) is 0 Å². The SMILES string of the molecule is CCN1CCOCCOCCn2cc(c3ccccc32)C2=C(C(=O)CC2=O)c2cn(c3ccccc23)CC1. The summed E-state index contributed by atoms with van der Waals surface area (Å²) < 4.78 is 16.1. The predicted octanol–water partition coefficient (Wildman–Crippen LogP) is 4.42. The van der Waals surface area contributed by atoms with Gasteiger partial charge in [0.05, 0.1) is 32.8 Å². The standard InChI is InChI=1S/C31H33N3O4/c1-2-32-11-12-33-20-24(22-7-3-5-9-26(22)33)30-28(35)19-29(36)31(30)25-21-34(27-10-6-4-8-23(25)27)14-16-38-18-17-37-15-13-32/h3-10,20-21H,2,11-19H2,1H3. The number of carbonyl (C=O) groups is 2. The van der Waals surface area contributed by atoms with Gasteiger partial charge in [0.25, 0.3) is 0 Å². The van der Waals surface area contributed by atoms with Crippen molar-refractivity contribution in [2.24, 2.45) is 0 Å². The van der Waals surface area contributed by atoms with Crippen LogP contribution in [0.4, 0.5) is 0 Å². The number of fused-ring (bicyclic) bond motifs is 12. The molecule has 7 heteroatoms. The fourth-order valence-electron chi connectivity index (χ4n) is 5.79. The molecular weight excluding hydrogens is 478 g/mol. The van der Waals surface area contributed by atoms with Crippen LogP contribution < -0.4 is 0 Å². The van der Waals surface area contributed by atoms with Gasteiger partial charge in [-0.1, -0.05) is 43.3 Å². The normalized spacial score (nSPS) is 18.6. The summed E-state index contributed by atoms with van der Waals surface area (Å²) in [5, 5.41) is 1.98. The Hall–Kier alpha value is -3.52. The number of aromatic nitrogens is 2. The zero-order valence-electron chi connectivity index (χ0n) is 21.8. The molecule has 0 unspecified atom stereocenters. The maximum absolute atomic E-state index is 13.4. The summed E-state index contributed by atoms with van der Waals surface area (Å²) >= 11 is 0. The zero-order valence-corrected chi connectivity index (χ0v) is 21.8. The van der Waals surface area contributed by atoms with Crippen LogP contribution >= 0.6 is 0 Å². The van der Waals surface area contributed by atoms with E-state index in [1.54, 1.807) is 0 Å². The van der Waals surface area contributed by atoms with Crippen LogP contribution in [0.15, 0.2) is 60.9 Å². The van der Waals surface area contributed by atoms with Crippen molar-refractivity contribution in [3.63, 3.8) is 0 Å². The maximum atomic E-state index is 13.4. The summed E-state index contributed by atoms with van der Waals surface area (Å²) in [6.07, 6.45) is 4.00. The fraction of sp³-hybridized carbons (Fsp3) is 0.355. The van der Waals surface area contributed by atoms with Gasteiger partial charge in [0, 0.05) is 82.7 Å². The van der Waals surface area contributed by atoms with E-state index in [9.17, 15) is 9.59 Å². The minimum absolute atomic E-state index is 0.0869. The summed E-state index contributed by atoms with van der Waals surface area (Å²) in [6.45, 7) is 8.53. The van der Waals surface area contributed by atoms with Crippen LogP contribution in [-0.4, -0.2) is 71.7 Å². The number of carbonyl (C=O) groups excluding carboxylic acids is 2. The summed E-state index contributed by atoms with van der Waals surface area (Å²) in [5.41, 5.74) is 4.84. The number of benzene rings is 2. The Kier molecular flexibility index (Phi) is 6.98. The molecule has 6 rings (SSSR count). The molecule has 0 atom stereocenters. The molecule has 0 saturated heterocycles. The second-order valence-corrected chi connectivity index (χ2v) is 9.94. The number of ketones is 2. The maximum Gasteiger partial charge on any atom is 0.172 e. The summed E-state index contributed by atoms with van der Waals surface area (Å²) in [7, 11) is 0. The van der Waals surface area contributed by atoms with Gasteiger partial charge in [0.2, 0.25) is 0 Å². The lowest BCUT2D eigenvalue weighted by molar-refractivity contribution is -0.119. The van der Waals surface area contributed by atoms with Crippen molar-refractivity contribution in [1.82, 2.24) is 14.0 Å². The highest BCUT2D eigenvalue weighted by atomic mass is 16.5. The van der Waals surface area contributed by atoms with Gasteiger partial charge < -0.3 is 18.6 Å². The number of Topliss-reactive ketones (excluding diaryl/α,β-unsaturated/α-hetero) is 2. The quantitative estimate of drug-likeness (QED) is 0.354. The summed E-state index contributed by atoms with van der Waals surface area (Å²) in [4.78, 5) is 29.2. The fourth-order valence-corrected chi connectivity index (χ4v) is 5.79. The van der Waals surface area contributed by atoms with E-state index >= 15 is 0 Å². The monoisotopic (exact) mass is 511 g/mol. The molecule has 1 aliphatic carbocycles. The molecule has 0 N–H and O–H groups in total. The smallest absolute Gasteiger partial charge is 0.172 e. The lowest BCUT2D eigenvalue weighted by Crippen LogP contribution is -2.31. The van der Waals surface area contributed by atoms with Crippen molar-refractivity contribution < 1.29 is 19.1 Å². The zero-order chi connectivity index (χ0) is 26.1. The van der Waals surface area contributed by atoms with Crippen LogP contribution in [0.2, 0.25) is 0 Å². The lowest BCUT2D eigenvalue weighted by Gasteiger charge is -2.21. The molecular formula is C31H33N3O4. The van der Waals surface area contributed by atoms with Crippen LogP contribution in [0.5, 0.6) is 0 Å². The topological polar surface area (TPSA) is 65.7 Å². The molecule has 2 aliphatic rings. The Morgan fingerprint density at radius 2 is 1.18 bits per heavy atom. The molecule has 2 aromatic carbocycles. The number of ether oxygens (including phenoxy) is 2. The van der Waals surface area contributed by atoms with Gasteiger partial charge in [-0.2, -0.15) is 0 Å². The van der Waals surface area contributed by atoms with Crippen molar-refractivity contribution >= 4 is 44.5 Å². The first-order valence-corrected chi connectivity index (χ1v) is 13.5. The molecule has 3 heterocycles. The van der Waals surface area contributed by atoms with E-state index in [-0.39, 0.29) is 18.0 Å². The first-order chi connectivity index (χ1) is 18.7. The number of para-hydroxylation sites is 2. The Bertz CT molecular complexity index is 1540. The Morgan fingerprint density at radius 3 is 1.76 bits per heavy atom. The average molecular weight is 512 g/mol. The van der Waals surface area contributed by atoms with E-state index in [0.29, 0.717) is 44.1 Å². The van der Waals surface area contributed by atoms with Crippen molar-refractivity contribution in [2.75, 3.05) is 46.1 Å². The lowest BCUT2D eigenvalue weighted by atomic mass is 9.95. The first-order valence-electron chi connectivity index (χ1n) is 13.5. The Balaban J connectivity index is 1.54. The molecule has 7 nitrogen and oxygen atoms in total. The third-order valence-corrected chi connectivity index (χ3v) is 7.75. The molecule has 2 aromatic heterocycles. The number of hydrogen-bond acceptors (Lipinski definition) is 5. The number of likely N-dealkylation sites (N-methyl/N-ethyl adjacent to an activating group) is 1. The van der Waals surface area contributed by atoms with Gasteiger partial charge in [-0.3, -0.25) is 14.5 Å². The Morgan fingerprint density at radius 1 is 0.658 bits per heavy atom. The second kappa shape index (κ2) is 10.7. The third kappa shape index (κ3) is 4.51. The minimum atomic E-state index is -0.110. The second-order valence-electron chi connectivity index (χ2n) is 9.94. The van der Waals surface area contributed by atoms with Gasteiger partial charge >= 0.3 is 0 Å². The van der Waals surface area contributed by atoms with Crippen molar-refractivity contribution in [2.45, 2.75) is 26.4 Å². The van der Waals surface area contributed by atoms with Crippen molar-refractivity contribution in [1.29, 1.82) is 0 Å². The highest BCUT2D eigenvalue weighted by molar-refractivity contribution is 6.52. The number of allylic oxidation sites excluding steroid dienone is 2. The average Bonchev–Trinajstić information content (AvgIpc) is 3.57. The number of nitrogens with zero attached hydrogens (tertiary/aromatic N) is 3. The minimum Gasteiger partial charge on any atom is -0.378 e. The van der Waals surface area contributed by atoms with Crippen LogP contribution in [0.3, 0.4) is 0 Å². The van der Waals surface area contributed by atoms with Crippen molar-refractivity contribution in [3.8, 4) is 0 Å². The van der Waals surface area contributed by atoms with E-state index in [2.05, 4.69) is 45.4 Å². The molecule has 38 heavy (non-hydrogen) atoms. The molecule has 196 valence electrons. The van der Waals surface area contributed by atoms with Gasteiger partial charge in [-0.15, -0.1) is 0 Å². The highest BCUT2D eigenvalue weighted by Crippen LogP contribution is 2.41. The van der Waals surface area contributed by atoms with E-state index in [1.807, 2.05) is 36.5 Å². The molecule has 4 aromatic rings.